The molecule has 7 nitrogen and oxygen atoms in total. The van der Waals surface area contributed by atoms with Crippen LogP contribution in [-0.4, -0.2) is 65.5 Å². The minimum atomic E-state index is -0.798. The van der Waals surface area contributed by atoms with Gasteiger partial charge in [-0.15, -0.1) is 0 Å². The van der Waals surface area contributed by atoms with E-state index < -0.39 is 5.41 Å². The number of benzene rings is 2. The van der Waals surface area contributed by atoms with Crippen LogP contribution in [0.15, 0.2) is 36.4 Å². The van der Waals surface area contributed by atoms with Gasteiger partial charge in [0.2, 0.25) is 0 Å². The molecule has 0 heterocycles. The van der Waals surface area contributed by atoms with E-state index >= 15 is 0 Å². The molecule has 194 valence electrons. The van der Waals surface area contributed by atoms with Crippen LogP contribution in [0.4, 0.5) is 0 Å². The van der Waals surface area contributed by atoms with Gasteiger partial charge >= 0.3 is 5.97 Å². The van der Waals surface area contributed by atoms with Gasteiger partial charge in [0, 0.05) is 6.54 Å². The van der Waals surface area contributed by atoms with Gasteiger partial charge in [-0.2, -0.15) is 0 Å². The van der Waals surface area contributed by atoms with Crippen LogP contribution in [0.5, 0.6) is 23.0 Å². The molecular formula is C28H41NO6. The lowest BCUT2D eigenvalue weighted by Crippen LogP contribution is -2.37. The zero-order valence-corrected chi connectivity index (χ0v) is 22.5. The van der Waals surface area contributed by atoms with Gasteiger partial charge in [-0.1, -0.05) is 12.1 Å². The zero-order chi connectivity index (χ0) is 26.0. The molecule has 0 aliphatic heterocycles. The van der Waals surface area contributed by atoms with Crippen molar-refractivity contribution < 1.29 is 28.5 Å². The number of esters is 1. The van der Waals surface area contributed by atoms with Crippen LogP contribution >= 0.6 is 0 Å². The van der Waals surface area contributed by atoms with Crippen molar-refractivity contribution in [2.24, 2.45) is 0 Å². The minimum Gasteiger partial charge on any atom is -0.493 e. The van der Waals surface area contributed by atoms with Gasteiger partial charge in [0.1, 0.15) is 0 Å². The van der Waals surface area contributed by atoms with Gasteiger partial charge in [0.05, 0.1) is 40.0 Å². The van der Waals surface area contributed by atoms with E-state index in [-0.39, 0.29) is 12.1 Å². The van der Waals surface area contributed by atoms with E-state index in [1.165, 1.54) is 5.56 Å². The highest BCUT2D eigenvalue weighted by Crippen LogP contribution is 2.37. The molecule has 0 saturated carbocycles. The lowest BCUT2D eigenvalue weighted by molar-refractivity contribution is -0.154. The summed E-state index contributed by atoms with van der Waals surface area (Å²) < 4.78 is 27.2. The Morgan fingerprint density at radius 2 is 1.43 bits per heavy atom. The van der Waals surface area contributed by atoms with Crippen LogP contribution in [-0.2, 0) is 21.4 Å². The van der Waals surface area contributed by atoms with Gasteiger partial charge in [-0.3, -0.25) is 4.79 Å². The van der Waals surface area contributed by atoms with Crippen LogP contribution in [0.25, 0.3) is 0 Å². The number of methoxy groups -OCH3 is 4. The minimum absolute atomic E-state index is 0.189. The van der Waals surface area contributed by atoms with Crippen LogP contribution in [0, 0.1) is 0 Å². The molecule has 2 aromatic rings. The molecule has 1 unspecified atom stereocenters. The van der Waals surface area contributed by atoms with Crippen molar-refractivity contribution in [2.75, 3.05) is 48.6 Å². The second-order valence-electron chi connectivity index (χ2n) is 9.20. The SMILES string of the molecule is COc1ccc(CCN(C)CCCC(C)(C(=O)OC(C)C)c2ccc(OC)c(OC)c2)cc1OC. The summed E-state index contributed by atoms with van der Waals surface area (Å²) in [6.45, 7) is 7.43. The third-order valence-electron chi connectivity index (χ3n) is 6.26. The number of carbonyl (C=O) groups is 1. The van der Waals surface area contributed by atoms with E-state index in [4.69, 9.17) is 23.7 Å². The fraction of sp³-hybridized carbons (Fsp3) is 0.536. The molecule has 0 saturated heterocycles. The highest BCUT2D eigenvalue weighted by Gasteiger charge is 2.37. The summed E-state index contributed by atoms with van der Waals surface area (Å²) in [4.78, 5) is 15.5. The lowest BCUT2D eigenvalue weighted by atomic mass is 9.78. The summed E-state index contributed by atoms with van der Waals surface area (Å²) >= 11 is 0. The standard InChI is InChI=1S/C28H41NO6/c1-20(2)35-27(30)28(3,22-11-13-24(32-6)26(19-22)34-8)15-9-16-29(4)17-14-21-10-12-23(31-5)25(18-21)33-7/h10-13,18-20H,9,14-17H2,1-8H3. The van der Waals surface area contributed by atoms with Crippen LogP contribution in [0.3, 0.4) is 0 Å². The molecule has 0 N–H and O–H groups in total. The average molecular weight is 488 g/mol. The Kier molecular flexibility index (Phi) is 10.7. The number of hydrogen-bond acceptors (Lipinski definition) is 7. The molecule has 35 heavy (non-hydrogen) atoms. The van der Waals surface area contributed by atoms with E-state index in [1.54, 1.807) is 28.4 Å². The van der Waals surface area contributed by atoms with Crippen molar-refractivity contribution in [3.8, 4) is 23.0 Å². The number of ether oxygens (including phenoxy) is 5. The monoisotopic (exact) mass is 487 g/mol. The first kappa shape index (κ1) is 28.3. The third-order valence-corrected chi connectivity index (χ3v) is 6.26. The smallest absolute Gasteiger partial charge is 0.316 e. The zero-order valence-electron chi connectivity index (χ0n) is 22.5. The number of likely N-dealkylation sites (N-methyl/N-ethyl adjacent to an activating group) is 1. The summed E-state index contributed by atoms with van der Waals surface area (Å²) in [6.07, 6.45) is 2.18. The lowest BCUT2D eigenvalue weighted by Gasteiger charge is -2.30. The van der Waals surface area contributed by atoms with Crippen molar-refractivity contribution in [1.29, 1.82) is 0 Å². The summed E-state index contributed by atoms with van der Waals surface area (Å²) in [5.41, 5.74) is 1.24. The first-order valence-corrected chi connectivity index (χ1v) is 12.0. The van der Waals surface area contributed by atoms with Crippen LogP contribution in [0.1, 0.15) is 44.7 Å². The topological polar surface area (TPSA) is 66.5 Å². The first-order chi connectivity index (χ1) is 16.7. The van der Waals surface area contributed by atoms with E-state index in [1.807, 2.05) is 51.1 Å². The Morgan fingerprint density at radius 3 is 2.00 bits per heavy atom. The van der Waals surface area contributed by atoms with Gasteiger partial charge in [0.15, 0.2) is 23.0 Å². The van der Waals surface area contributed by atoms with Gasteiger partial charge in [-0.25, -0.2) is 0 Å². The van der Waals surface area contributed by atoms with Crippen molar-refractivity contribution >= 4 is 5.97 Å². The molecule has 0 aliphatic rings. The molecule has 1 atom stereocenters. The third kappa shape index (κ3) is 7.52. The fourth-order valence-corrected chi connectivity index (χ4v) is 4.06. The molecular weight excluding hydrogens is 446 g/mol. The predicted molar refractivity (Wildman–Crippen MR) is 138 cm³/mol. The maximum absolute atomic E-state index is 13.2. The number of rotatable bonds is 14. The van der Waals surface area contributed by atoms with Gasteiger partial charge < -0.3 is 28.6 Å². The Morgan fingerprint density at radius 1 is 0.857 bits per heavy atom. The second-order valence-corrected chi connectivity index (χ2v) is 9.20. The molecule has 0 amide bonds. The summed E-state index contributed by atoms with van der Waals surface area (Å²) in [5.74, 6) is 2.47. The highest BCUT2D eigenvalue weighted by atomic mass is 16.5. The maximum atomic E-state index is 13.2. The van der Waals surface area contributed by atoms with Crippen LogP contribution in [0.2, 0.25) is 0 Å². The van der Waals surface area contributed by atoms with Crippen molar-refractivity contribution in [3.05, 3.63) is 47.5 Å². The Labute approximate surface area is 210 Å². The van der Waals surface area contributed by atoms with E-state index in [0.717, 1.165) is 43.0 Å². The van der Waals surface area contributed by atoms with Gasteiger partial charge in [-0.05, 0) is 89.0 Å². The molecule has 2 rings (SSSR count). The van der Waals surface area contributed by atoms with E-state index in [2.05, 4.69) is 18.0 Å². The quantitative estimate of drug-likeness (QED) is 0.352. The predicted octanol–water partition coefficient (Wildman–Crippen LogP) is 4.89. The Balaban J connectivity index is 2.06. The van der Waals surface area contributed by atoms with Crippen molar-refractivity contribution in [1.82, 2.24) is 4.90 Å². The van der Waals surface area contributed by atoms with Crippen molar-refractivity contribution in [3.63, 3.8) is 0 Å². The molecule has 0 radical (unpaired) electrons. The molecule has 2 aromatic carbocycles. The first-order valence-electron chi connectivity index (χ1n) is 12.0. The molecule has 0 fully saturated rings. The van der Waals surface area contributed by atoms with E-state index in [9.17, 15) is 4.79 Å². The molecule has 7 heteroatoms. The summed E-state index contributed by atoms with van der Waals surface area (Å²) in [6, 6.07) is 11.6. The summed E-state index contributed by atoms with van der Waals surface area (Å²) in [7, 11) is 8.58. The largest absolute Gasteiger partial charge is 0.493 e. The second kappa shape index (κ2) is 13.2. The Hall–Kier alpha value is -2.93. The molecule has 0 bridgehead atoms. The number of nitrogens with zero attached hydrogens (tertiary/aromatic N) is 1. The van der Waals surface area contributed by atoms with Crippen molar-refractivity contribution in [2.45, 2.75) is 51.6 Å². The molecule has 0 spiro atoms. The Bertz CT molecular complexity index is 960. The molecule has 0 aromatic heterocycles. The maximum Gasteiger partial charge on any atom is 0.316 e. The normalized spacial score (nSPS) is 12.9. The number of carbonyl (C=O) groups excluding carboxylic acids is 1. The van der Waals surface area contributed by atoms with Crippen LogP contribution < -0.4 is 18.9 Å². The number of hydrogen-bond donors (Lipinski definition) is 0. The summed E-state index contributed by atoms with van der Waals surface area (Å²) in [5, 5.41) is 0. The fourth-order valence-electron chi connectivity index (χ4n) is 4.06. The highest BCUT2D eigenvalue weighted by molar-refractivity contribution is 5.83. The average Bonchev–Trinajstić information content (AvgIpc) is 2.86. The van der Waals surface area contributed by atoms with E-state index in [0.29, 0.717) is 17.9 Å². The molecule has 0 aliphatic carbocycles. The van der Waals surface area contributed by atoms with Gasteiger partial charge in [0.25, 0.3) is 0 Å².